The summed E-state index contributed by atoms with van der Waals surface area (Å²) in [5, 5.41) is 6.49. The van der Waals surface area contributed by atoms with Crippen LogP contribution in [0.15, 0.2) is 35.4 Å². The first-order valence-corrected chi connectivity index (χ1v) is 9.89. The molecule has 1 aliphatic rings. The Morgan fingerprint density at radius 2 is 1.96 bits per heavy atom. The van der Waals surface area contributed by atoms with Crippen LogP contribution in [-0.4, -0.2) is 34.2 Å². The van der Waals surface area contributed by atoms with Gasteiger partial charge < -0.3 is 22.1 Å². The lowest BCUT2D eigenvalue weighted by molar-refractivity contribution is 0.0996. The Hall–Kier alpha value is -2.32. The Bertz CT molecular complexity index is 767. The van der Waals surface area contributed by atoms with Gasteiger partial charge in [-0.1, -0.05) is 12.8 Å². The topological polar surface area (TPSA) is 119 Å². The molecule has 1 saturated carbocycles. The van der Waals surface area contributed by atoms with Crippen LogP contribution in [0, 0.1) is 0 Å². The molecule has 3 rings (SSSR count). The Kier molecular flexibility index (Phi) is 5.95. The van der Waals surface area contributed by atoms with E-state index in [-0.39, 0.29) is 17.8 Å². The molecule has 8 heteroatoms. The first-order chi connectivity index (χ1) is 12.6. The first-order valence-electron chi connectivity index (χ1n) is 8.67. The minimum atomic E-state index is -0.623. The molecule has 0 radical (unpaired) electrons. The number of thioether (sulfide) groups is 1. The number of primary amides is 1. The summed E-state index contributed by atoms with van der Waals surface area (Å²) in [4.78, 5) is 21.6. The molecule has 1 amide bonds. The summed E-state index contributed by atoms with van der Waals surface area (Å²) in [6.45, 7) is 0. The molecule has 0 aliphatic heterocycles. The summed E-state index contributed by atoms with van der Waals surface area (Å²) < 4.78 is 0. The van der Waals surface area contributed by atoms with E-state index in [1.165, 1.54) is 6.20 Å². The van der Waals surface area contributed by atoms with E-state index in [4.69, 9.17) is 11.5 Å². The van der Waals surface area contributed by atoms with Crippen LogP contribution in [0.25, 0.3) is 0 Å². The zero-order valence-electron chi connectivity index (χ0n) is 14.7. The minimum absolute atomic E-state index is 0.0943. The lowest BCUT2D eigenvalue weighted by Crippen LogP contribution is -2.42. The smallest absolute Gasteiger partial charge is 0.271 e. The molecule has 26 heavy (non-hydrogen) atoms. The lowest BCUT2D eigenvalue weighted by atomic mass is 9.91. The van der Waals surface area contributed by atoms with Crippen molar-refractivity contribution >= 4 is 35.0 Å². The number of nitrogens with zero attached hydrogens (tertiary/aromatic N) is 2. The third kappa shape index (κ3) is 4.44. The highest BCUT2D eigenvalue weighted by atomic mass is 32.2. The van der Waals surface area contributed by atoms with Gasteiger partial charge in [0.2, 0.25) is 0 Å². The molecule has 2 aromatic rings. The van der Waals surface area contributed by atoms with Gasteiger partial charge in [0.25, 0.3) is 5.91 Å². The largest absolute Gasteiger partial charge is 0.364 e. The number of nitrogens with one attached hydrogen (secondary N) is 2. The quantitative estimate of drug-likeness (QED) is 0.576. The van der Waals surface area contributed by atoms with Gasteiger partial charge in [0.15, 0.2) is 11.5 Å². The number of rotatable bonds is 6. The van der Waals surface area contributed by atoms with Crippen LogP contribution in [0.4, 0.5) is 17.3 Å². The van der Waals surface area contributed by atoms with E-state index in [0.29, 0.717) is 11.6 Å². The van der Waals surface area contributed by atoms with Crippen LogP contribution >= 0.6 is 11.8 Å². The molecule has 1 aromatic heterocycles. The summed E-state index contributed by atoms with van der Waals surface area (Å²) in [7, 11) is 0. The first kappa shape index (κ1) is 18.5. The average Bonchev–Trinajstić information content (AvgIpc) is 2.64. The van der Waals surface area contributed by atoms with E-state index in [0.717, 1.165) is 36.3 Å². The molecular formula is C18H24N6OS. The van der Waals surface area contributed by atoms with Gasteiger partial charge in [-0.25, -0.2) is 9.97 Å². The number of benzene rings is 1. The van der Waals surface area contributed by atoms with E-state index < -0.39 is 5.91 Å². The van der Waals surface area contributed by atoms with Gasteiger partial charge in [0.05, 0.1) is 6.20 Å². The Morgan fingerprint density at radius 3 is 2.62 bits per heavy atom. The Labute approximate surface area is 157 Å². The van der Waals surface area contributed by atoms with E-state index in [9.17, 15) is 4.79 Å². The molecule has 1 aliphatic carbocycles. The number of hydrogen-bond donors (Lipinski definition) is 4. The highest BCUT2D eigenvalue weighted by Gasteiger charge is 2.22. The number of aromatic nitrogens is 2. The van der Waals surface area contributed by atoms with E-state index in [1.807, 2.05) is 30.5 Å². The number of carbonyl (C=O) groups is 1. The fourth-order valence-electron chi connectivity index (χ4n) is 3.07. The molecule has 1 aromatic carbocycles. The molecule has 7 nitrogen and oxygen atoms in total. The van der Waals surface area contributed by atoms with Crippen molar-refractivity contribution in [2.24, 2.45) is 11.5 Å². The number of carbonyl (C=O) groups excluding carboxylic acids is 1. The molecule has 138 valence electrons. The van der Waals surface area contributed by atoms with Gasteiger partial charge in [-0.3, -0.25) is 4.79 Å². The second-order valence-electron chi connectivity index (χ2n) is 6.37. The van der Waals surface area contributed by atoms with Crippen molar-refractivity contribution in [2.45, 2.75) is 42.7 Å². The maximum atomic E-state index is 11.7. The van der Waals surface area contributed by atoms with Gasteiger partial charge in [-0.05, 0) is 43.4 Å². The zero-order valence-corrected chi connectivity index (χ0v) is 15.6. The number of anilines is 3. The summed E-state index contributed by atoms with van der Waals surface area (Å²) in [5.74, 6) is 0.297. The molecule has 0 unspecified atom stereocenters. The Morgan fingerprint density at radius 1 is 1.23 bits per heavy atom. The van der Waals surface area contributed by atoms with E-state index >= 15 is 0 Å². The second kappa shape index (κ2) is 8.37. The molecule has 0 bridgehead atoms. The summed E-state index contributed by atoms with van der Waals surface area (Å²) >= 11 is 1.66. The van der Waals surface area contributed by atoms with Gasteiger partial charge in [-0.15, -0.1) is 11.8 Å². The zero-order chi connectivity index (χ0) is 18.5. The SMILES string of the molecule is CSc1ccc(Nc2nc(N[C@@H]3CCCC[C@@H]3N)cnc2C(N)=O)cc1. The summed E-state index contributed by atoms with van der Waals surface area (Å²) in [6.07, 6.45) is 7.85. The third-order valence-electron chi connectivity index (χ3n) is 4.51. The average molecular weight is 372 g/mol. The summed E-state index contributed by atoms with van der Waals surface area (Å²) in [6, 6.07) is 8.09. The molecule has 2 atom stereocenters. The predicted molar refractivity (Wildman–Crippen MR) is 106 cm³/mol. The molecule has 6 N–H and O–H groups in total. The van der Waals surface area contributed by atoms with Crippen LogP contribution in [0.2, 0.25) is 0 Å². The van der Waals surface area contributed by atoms with Crippen LogP contribution in [0.5, 0.6) is 0 Å². The van der Waals surface area contributed by atoms with E-state index in [2.05, 4.69) is 20.6 Å². The number of nitrogens with two attached hydrogens (primary N) is 2. The van der Waals surface area contributed by atoms with Crippen molar-refractivity contribution in [1.29, 1.82) is 0 Å². The van der Waals surface area contributed by atoms with Gasteiger partial charge in [0, 0.05) is 22.7 Å². The molecular weight excluding hydrogens is 348 g/mol. The van der Waals surface area contributed by atoms with Crippen molar-refractivity contribution in [1.82, 2.24) is 9.97 Å². The highest BCUT2D eigenvalue weighted by molar-refractivity contribution is 7.98. The van der Waals surface area contributed by atoms with Gasteiger partial charge in [0.1, 0.15) is 5.82 Å². The molecule has 1 fully saturated rings. The van der Waals surface area contributed by atoms with E-state index in [1.54, 1.807) is 11.8 Å². The second-order valence-corrected chi connectivity index (χ2v) is 7.25. The monoisotopic (exact) mass is 372 g/mol. The highest BCUT2D eigenvalue weighted by Crippen LogP contribution is 2.24. The van der Waals surface area contributed by atoms with Crippen LogP contribution in [0.1, 0.15) is 36.2 Å². The fourth-order valence-corrected chi connectivity index (χ4v) is 3.47. The maximum absolute atomic E-state index is 11.7. The molecule has 1 heterocycles. The molecule has 0 spiro atoms. The molecule has 0 saturated heterocycles. The normalized spacial score (nSPS) is 19.8. The van der Waals surface area contributed by atoms with Crippen molar-refractivity contribution in [3.63, 3.8) is 0 Å². The fraction of sp³-hybridized carbons (Fsp3) is 0.389. The standard InChI is InChI=1S/C18H24N6OS/c1-26-12-8-6-11(7-9-12)22-18-16(17(20)25)21-10-15(24-18)23-14-5-3-2-4-13(14)19/h6-10,13-14H,2-5,19H2,1H3,(H2,20,25)(H2,22,23,24)/t13-,14+/m0/s1. The van der Waals surface area contributed by atoms with Crippen LogP contribution in [-0.2, 0) is 0 Å². The van der Waals surface area contributed by atoms with Gasteiger partial charge >= 0.3 is 0 Å². The van der Waals surface area contributed by atoms with Crippen LogP contribution in [0.3, 0.4) is 0 Å². The van der Waals surface area contributed by atoms with Crippen molar-refractivity contribution in [3.05, 3.63) is 36.2 Å². The lowest BCUT2D eigenvalue weighted by Gasteiger charge is -2.29. The van der Waals surface area contributed by atoms with Crippen molar-refractivity contribution in [3.8, 4) is 0 Å². The van der Waals surface area contributed by atoms with Crippen molar-refractivity contribution < 1.29 is 4.79 Å². The maximum Gasteiger partial charge on any atom is 0.271 e. The van der Waals surface area contributed by atoms with Gasteiger partial charge in [-0.2, -0.15) is 0 Å². The van der Waals surface area contributed by atoms with Crippen LogP contribution < -0.4 is 22.1 Å². The Balaban J connectivity index is 1.82. The third-order valence-corrected chi connectivity index (χ3v) is 5.25. The van der Waals surface area contributed by atoms with Crippen molar-refractivity contribution in [2.75, 3.05) is 16.9 Å². The predicted octanol–water partition coefficient (Wildman–Crippen LogP) is 2.72. The minimum Gasteiger partial charge on any atom is -0.364 e. The number of hydrogen-bond acceptors (Lipinski definition) is 7. The number of amides is 1. The summed E-state index contributed by atoms with van der Waals surface area (Å²) in [5.41, 5.74) is 12.6.